The van der Waals surface area contributed by atoms with Crippen LogP contribution >= 0.6 is 0 Å². The summed E-state index contributed by atoms with van der Waals surface area (Å²) in [5.74, 6) is -0.433. The van der Waals surface area contributed by atoms with Gasteiger partial charge in [-0.2, -0.15) is 0 Å². The molecule has 1 saturated heterocycles. The molecule has 8 nitrogen and oxygen atoms in total. The average Bonchev–Trinajstić information content (AvgIpc) is 3.39. The van der Waals surface area contributed by atoms with E-state index in [0.717, 1.165) is 17.3 Å². The number of rotatable bonds is 11. The lowest BCUT2D eigenvalue weighted by atomic mass is 9.94. The fourth-order valence-electron chi connectivity index (χ4n) is 4.63. The minimum absolute atomic E-state index is 0.234. The first kappa shape index (κ1) is 26.0. The number of likely N-dealkylation sites (tertiary alicyclic amines) is 1. The number of anilines is 1. The Balaban J connectivity index is 1.56. The van der Waals surface area contributed by atoms with Gasteiger partial charge in [0.2, 0.25) is 5.88 Å². The van der Waals surface area contributed by atoms with Gasteiger partial charge in [0.15, 0.2) is 6.35 Å². The summed E-state index contributed by atoms with van der Waals surface area (Å²) in [6.07, 6.45) is -1.16. The maximum Gasteiger partial charge on any atom is 0.238 e. The quantitative estimate of drug-likeness (QED) is 0.348. The molecule has 3 aromatic rings. The van der Waals surface area contributed by atoms with Crippen molar-refractivity contribution in [3.8, 4) is 11.6 Å². The highest BCUT2D eigenvalue weighted by molar-refractivity contribution is 5.55. The SMILES string of the molecule is CCOc1nn(-c2ccccc2)c(NC(O)N[C@@H]2CN(CCOC)C[C@H]2c2cc(F)cc(F)c2)c1C. The molecule has 4 rings (SSSR count). The van der Waals surface area contributed by atoms with Crippen LogP contribution in [0.25, 0.3) is 5.69 Å². The summed E-state index contributed by atoms with van der Waals surface area (Å²) in [6, 6.07) is 12.8. The number of halogens is 2. The smallest absolute Gasteiger partial charge is 0.238 e. The Morgan fingerprint density at radius 3 is 2.53 bits per heavy atom. The molecular weight excluding hydrogens is 468 g/mol. The van der Waals surface area contributed by atoms with Gasteiger partial charge in [0.1, 0.15) is 17.5 Å². The summed E-state index contributed by atoms with van der Waals surface area (Å²) >= 11 is 0. The van der Waals surface area contributed by atoms with Crippen LogP contribution in [0, 0.1) is 18.6 Å². The number of aliphatic hydroxyl groups is 1. The fraction of sp³-hybridized carbons (Fsp3) is 0.423. The Morgan fingerprint density at radius 1 is 1.14 bits per heavy atom. The van der Waals surface area contributed by atoms with Gasteiger partial charge in [-0.05, 0) is 43.7 Å². The third kappa shape index (κ3) is 6.01. The van der Waals surface area contributed by atoms with Crippen molar-refractivity contribution in [3.63, 3.8) is 0 Å². The molecule has 0 bridgehead atoms. The summed E-state index contributed by atoms with van der Waals surface area (Å²) in [4.78, 5) is 2.15. The van der Waals surface area contributed by atoms with Gasteiger partial charge in [0.25, 0.3) is 0 Å². The van der Waals surface area contributed by atoms with Gasteiger partial charge in [0.05, 0.1) is 24.5 Å². The largest absolute Gasteiger partial charge is 0.477 e. The molecule has 0 spiro atoms. The predicted octanol–water partition coefficient (Wildman–Crippen LogP) is 3.25. The third-order valence-electron chi connectivity index (χ3n) is 6.33. The molecule has 36 heavy (non-hydrogen) atoms. The molecule has 3 atom stereocenters. The first-order valence-electron chi connectivity index (χ1n) is 12.0. The minimum Gasteiger partial charge on any atom is -0.477 e. The molecule has 1 fully saturated rings. The van der Waals surface area contributed by atoms with Crippen molar-refractivity contribution >= 4 is 5.82 Å². The van der Waals surface area contributed by atoms with Crippen molar-refractivity contribution in [2.24, 2.45) is 0 Å². The number of ether oxygens (including phenoxy) is 2. The molecular formula is C26H33F2N5O3. The first-order chi connectivity index (χ1) is 17.4. The van der Waals surface area contributed by atoms with Crippen molar-refractivity contribution in [2.75, 3.05) is 45.3 Å². The molecule has 0 aliphatic carbocycles. The zero-order chi connectivity index (χ0) is 25.7. The van der Waals surface area contributed by atoms with E-state index in [1.54, 1.807) is 11.8 Å². The highest BCUT2D eigenvalue weighted by Crippen LogP contribution is 2.31. The zero-order valence-corrected chi connectivity index (χ0v) is 20.7. The molecule has 2 aromatic carbocycles. The van der Waals surface area contributed by atoms with Crippen molar-refractivity contribution in [1.82, 2.24) is 20.0 Å². The number of hydrogen-bond acceptors (Lipinski definition) is 7. The fourth-order valence-corrected chi connectivity index (χ4v) is 4.63. The van der Waals surface area contributed by atoms with Crippen molar-refractivity contribution in [2.45, 2.75) is 32.2 Å². The first-order valence-corrected chi connectivity index (χ1v) is 12.0. The van der Waals surface area contributed by atoms with E-state index in [4.69, 9.17) is 9.47 Å². The summed E-state index contributed by atoms with van der Waals surface area (Å²) in [6.45, 7) is 6.57. The highest BCUT2D eigenvalue weighted by atomic mass is 19.1. The Hall–Kier alpha value is -3.05. The van der Waals surface area contributed by atoms with Crippen LogP contribution in [0.4, 0.5) is 14.6 Å². The molecule has 1 aliphatic rings. The van der Waals surface area contributed by atoms with Crippen molar-refractivity contribution in [1.29, 1.82) is 0 Å². The van der Waals surface area contributed by atoms with E-state index in [1.165, 1.54) is 12.1 Å². The van der Waals surface area contributed by atoms with Gasteiger partial charge in [-0.25, -0.2) is 13.5 Å². The van der Waals surface area contributed by atoms with Crippen LogP contribution in [0.2, 0.25) is 0 Å². The minimum atomic E-state index is -1.16. The Morgan fingerprint density at radius 2 is 1.86 bits per heavy atom. The number of para-hydroxylation sites is 1. The Bertz CT molecular complexity index is 1120. The number of benzene rings is 2. The molecule has 194 valence electrons. The van der Waals surface area contributed by atoms with Crippen LogP contribution in [-0.4, -0.2) is 72.1 Å². The van der Waals surface area contributed by atoms with Gasteiger partial charge in [0, 0.05) is 44.8 Å². The van der Waals surface area contributed by atoms with E-state index in [0.29, 0.717) is 50.1 Å². The molecule has 1 aliphatic heterocycles. The van der Waals surface area contributed by atoms with E-state index in [2.05, 4.69) is 20.6 Å². The number of aliphatic hydroxyl groups excluding tert-OH is 1. The van der Waals surface area contributed by atoms with E-state index >= 15 is 0 Å². The van der Waals surface area contributed by atoms with Gasteiger partial charge < -0.3 is 19.9 Å². The van der Waals surface area contributed by atoms with Crippen LogP contribution in [-0.2, 0) is 4.74 Å². The van der Waals surface area contributed by atoms with E-state index < -0.39 is 18.0 Å². The normalized spacial score (nSPS) is 18.9. The third-order valence-corrected chi connectivity index (χ3v) is 6.33. The van der Waals surface area contributed by atoms with Crippen LogP contribution in [0.5, 0.6) is 5.88 Å². The lowest BCUT2D eigenvalue weighted by Gasteiger charge is -2.25. The maximum atomic E-state index is 14.0. The molecule has 0 saturated carbocycles. The molecule has 10 heteroatoms. The maximum absolute atomic E-state index is 14.0. The molecule has 2 heterocycles. The van der Waals surface area contributed by atoms with E-state index in [-0.39, 0.29) is 12.0 Å². The number of nitrogens with one attached hydrogen (secondary N) is 2. The number of hydrogen-bond donors (Lipinski definition) is 3. The second kappa shape index (κ2) is 11.8. The van der Waals surface area contributed by atoms with Gasteiger partial charge in [-0.3, -0.25) is 10.2 Å². The zero-order valence-electron chi connectivity index (χ0n) is 20.7. The number of methoxy groups -OCH3 is 1. The lowest BCUT2D eigenvalue weighted by Crippen LogP contribution is -2.46. The van der Waals surface area contributed by atoms with Crippen LogP contribution in [0.1, 0.15) is 24.0 Å². The second-order valence-electron chi connectivity index (χ2n) is 8.84. The standard InChI is InChI=1S/C26H33F2N5O3/c1-4-36-25-17(2)24(33(31-25)21-8-6-5-7-9-21)30-26(34)29-23-16-32(10-11-35-3)15-22(23)18-12-19(27)14-20(28)13-18/h5-9,12-14,22-23,26,29-30,34H,4,10-11,15-16H2,1-3H3/t22-,23+,26?/m0/s1. The lowest BCUT2D eigenvalue weighted by molar-refractivity contribution is 0.139. The van der Waals surface area contributed by atoms with E-state index in [1.807, 2.05) is 44.2 Å². The molecule has 1 aromatic heterocycles. The van der Waals surface area contributed by atoms with E-state index in [9.17, 15) is 13.9 Å². The number of aromatic nitrogens is 2. The summed E-state index contributed by atoms with van der Waals surface area (Å²) in [7, 11) is 1.63. The van der Waals surface area contributed by atoms with Gasteiger partial charge in [-0.15, -0.1) is 5.10 Å². The topological polar surface area (TPSA) is 83.8 Å². The van der Waals surface area contributed by atoms with Crippen LogP contribution in [0.3, 0.4) is 0 Å². The van der Waals surface area contributed by atoms with Crippen molar-refractivity contribution < 1.29 is 23.4 Å². The molecule has 0 radical (unpaired) electrons. The molecule has 0 amide bonds. The number of nitrogens with zero attached hydrogens (tertiary/aromatic N) is 3. The van der Waals surface area contributed by atoms with Crippen molar-refractivity contribution in [3.05, 3.63) is 71.3 Å². The molecule has 1 unspecified atom stereocenters. The Kier molecular flexibility index (Phi) is 8.52. The van der Waals surface area contributed by atoms with Gasteiger partial charge >= 0.3 is 0 Å². The monoisotopic (exact) mass is 501 g/mol. The summed E-state index contributed by atoms with van der Waals surface area (Å²) in [5.41, 5.74) is 2.10. The average molecular weight is 502 g/mol. The van der Waals surface area contributed by atoms with Gasteiger partial charge in [-0.1, -0.05) is 18.2 Å². The summed E-state index contributed by atoms with van der Waals surface area (Å²) in [5, 5.41) is 21.9. The van der Waals surface area contributed by atoms with Crippen LogP contribution < -0.4 is 15.4 Å². The molecule has 3 N–H and O–H groups in total. The second-order valence-corrected chi connectivity index (χ2v) is 8.84. The highest BCUT2D eigenvalue weighted by Gasteiger charge is 2.35. The summed E-state index contributed by atoms with van der Waals surface area (Å²) < 4.78 is 40.6. The van der Waals surface area contributed by atoms with Crippen LogP contribution in [0.15, 0.2) is 48.5 Å². The Labute approximate surface area is 209 Å². The predicted molar refractivity (Wildman–Crippen MR) is 133 cm³/mol.